The first-order valence-electron chi connectivity index (χ1n) is 7.52. The van der Waals surface area contributed by atoms with E-state index in [2.05, 4.69) is 66.2 Å². The van der Waals surface area contributed by atoms with Gasteiger partial charge in [-0.15, -0.1) is 0 Å². The molecule has 1 aliphatic carbocycles. The summed E-state index contributed by atoms with van der Waals surface area (Å²) < 4.78 is 1.13. The van der Waals surface area contributed by atoms with Gasteiger partial charge in [-0.1, -0.05) is 40.2 Å². The summed E-state index contributed by atoms with van der Waals surface area (Å²) in [7, 11) is 0. The van der Waals surface area contributed by atoms with Gasteiger partial charge in [0, 0.05) is 17.3 Å². The molecule has 110 valence electrons. The highest BCUT2D eigenvalue weighted by atomic mass is 79.9. The van der Waals surface area contributed by atoms with Gasteiger partial charge in [-0.05, 0) is 66.6 Å². The van der Waals surface area contributed by atoms with Crippen LogP contribution in [0, 0.1) is 13.8 Å². The summed E-state index contributed by atoms with van der Waals surface area (Å²) in [6, 6.07) is 12.8. The smallest absolute Gasteiger partial charge is 0.0731 e. The number of rotatable bonds is 2. The minimum absolute atomic E-state index is 0.613. The summed E-state index contributed by atoms with van der Waals surface area (Å²) in [6.07, 6.45) is 3.30. The zero-order chi connectivity index (χ0) is 15.0. The Hall–Kier alpha value is -1.12. The molecule has 0 aromatic heterocycles. The molecule has 1 unspecified atom stereocenters. The Morgan fingerprint density at radius 1 is 1.10 bits per heavy atom. The van der Waals surface area contributed by atoms with E-state index in [0.717, 1.165) is 30.2 Å². The summed E-state index contributed by atoms with van der Waals surface area (Å²) in [5.41, 5.74) is 5.92. The maximum Gasteiger partial charge on any atom is 0.0731 e. The van der Waals surface area contributed by atoms with Crippen LogP contribution < -0.4 is 0 Å². The van der Waals surface area contributed by atoms with Crippen molar-refractivity contribution < 1.29 is 5.11 Å². The first-order chi connectivity index (χ1) is 9.97. The number of hydrogen-bond donors (Lipinski definition) is 1. The molecular weight excluding hydrogens is 324 g/mol. The average molecular weight is 345 g/mol. The maximum atomic E-state index is 11.1. The van der Waals surface area contributed by atoms with E-state index < -0.39 is 5.60 Å². The SMILES string of the molecule is Cc1cccc(C)c1CC1(O)CCc2cc(Br)ccc2C1. The van der Waals surface area contributed by atoms with E-state index in [4.69, 9.17) is 0 Å². The predicted molar refractivity (Wildman–Crippen MR) is 90.7 cm³/mol. The van der Waals surface area contributed by atoms with Crippen LogP contribution in [0.25, 0.3) is 0 Å². The van der Waals surface area contributed by atoms with Gasteiger partial charge in [0.25, 0.3) is 0 Å². The first kappa shape index (κ1) is 14.8. The summed E-state index contributed by atoms with van der Waals surface area (Å²) >= 11 is 3.53. The lowest BCUT2D eigenvalue weighted by Crippen LogP contribution is -2.38. The number of halogens is 1. The normalized spacial score (nSPS) is 21.1. The predicted octanol–water partition coefficient (Wildman–Crippen LogP) is 4.53. The first-order valence-corrected chi connectivity index (χ1v) is 8.31. The average Bonchev–Trinajstić information content (AvgIpc) is 2.44. The highest BCUT2D eigenvalue weighted by Gasteiger charge is 2.33. The molecule has 2 aromatic carbocycles. The second-order valence-corrected chi connectivity index (χ2v) is 7.28. The fraction of sp³-hybridized carbons (Fsp3) is 0.368. The molecule has 2 heteroatoms. The quantitative estimate of drug-likeness (QED) is 0.848. The minimum Gasteiger partial charge on any atom is -0.389 e. The van der Waals surface area contributed by atoms with Crippen molar-refractivity contribution in [3.8, 4) is 0 Å². The van der Waals surface area contributed by atoms with Crippen molar-refractivity contribution in [1.82, 2.24) is 0 Å². The van der Waals surface area contributed by atoms with E-state index in [9.17, 15) is 5.11 Å². The molecule has 3 rings (SSSR count). The van der Waals surface area contributed by atoms with E-state index in [1.54, 1.807) is 0 Å². The number of aryl methyl sites for hydroxylation is 3. The van der Waals surface area contributed by atoms with E-state index in [-0.39, 0.29) is 0 Å². The van der Waals surface area contributed by atoms with Gasteiger partial charge in [-0.2, -0.15) is 0 Å². The zero-order valence-electron chi connectivity index (χ0n) is 12.6. The van der Waals surface area contributed by atoms with Crippen LogP contribution in [0.4, 0.5) is 0 Å². The van der Waals surface area contributed by atoms with Crippen LogP contribution in [0.15, 0.2) is 40.9 Å². The van der Waals surface area contributed by atoms with Crippen LogP contribution in [-0.2, 0) is 19.3 Å². The minimum atomic E-state index is -0.613. The Labute approximate surface area is 135 Å². The van der Waals surface area contributed by atoms with Gasteiger partial charge in [0.15, 0.2) is 0 Å². The van der Waals surface area contributed by atoms with Gasteiger partial charge < -0.3 is 5.11 Å². The lowest BCUT2D eigenvalue weighted by Gasteiger charge is -2.34. The van der Waals surface area contributed by atoms with Gasteiger partial charge in [-0.3, -0.25) is 0 Å². The molecule has 0 fully saturated rings. The molecule has 2 aromatic rings. The van der Waals surface area contributed by atoms with E-state index in [1.807, 2.05) is 0 Å². The number of fused-ring (bicyclic) bond motifs is 1. The topological polar surface area (TPSA) is 20.2 Å². The standard InChI is InChI=1S/C19H21BrO/c1-13-4-3-5-14(2)18(13)12-19(21)9-8-15-10-17(20)7-6-16(15)11-19/h3-7,10,21H,8-9,11-12H2,1-2H3. The molecular formula is C19H21BrO. The van der Waals surface area contributed by atoms with Crippen LogP contribution in [0.2, 0.25) is 0 Å². The van der Waals surface area contributed by atoms with Crippen LogP contribution in [0.3, 0.4) is 0 Å². The van der Waals surface area contributed by atoms with Gasteiger partial charge in [-0.25, -0.2) is 0 Å². The highest BCUT2D eigenvalue weighted by molar-refractivity contribution is 9.10. The third kappa shape index (κ3) is 3.07. The Balaban J connectivity index is 1.88. The van der Waals surface area contributed by atoms with Crippen LogP contribution in [0.1, 0.15) is 34.2 Å². The van der Waals surface area contributed by atoms with Crippen molar-refractivity contribution >= 4 is 15.9 Å². The summed E-state index contributed by atoms with van der Waals surface area (Å²) in [4.78, 5) is 0. The fourth-order valence-electron chi connectivity index (χ4n) is 3.42. The molecule has 1 aliphatic rings. The Morgan fingerprint density at radius 2 is 1.81 bits per heavy atom. The zero-order valence-corrected chi connectivity index (χ0v) is 14.2. The highest BCUT2D eigenvalue weighted by Crippen LogP contribution is 2.34. The molecule has 0 saturated heterocycles. The molecule has 0 amide bonds. The largest absolute Gasteiger partial charge is 0.389 e. The van der Waals surface area contributed by atoms with Gasteiger partial charge in [0.1, 0.15) is 0 Å². The number of hydrogen-bond acceptors (Lipinski definition) is 1. The molecule has 0 spiro atoms. The van der Waals surface area contributed by atoms with Crippen molar-refractivity contribution in [2.45, 2.75) is 45.1 Å². The second kappa shape index (κ2) is 5.58. The molecule has 21 heavy (non-hydrogen) atoms. The molecule has 0 heterocycles. The van der Waals surface area contributed by atoms with Crippen LogP contribution in [-0.4, -0.2) is 10.7 Å². The third-order valence-corrected chi connectivity index (χ3v) is 5.19. The molecule has 0 saturated carbocycles. The summed E-state index contributed by atoms with van der Waals surface area (Å²) in [5.74, 6) is 0. The third-order valence-electron chi connectivity index (χ3n) is 4.70. The van der Waals surface area contributed by atoms with E-state index in [1.165, 1.54) is 27.8 Å². The van der Waals surface area contributed by atoms with Crippen molar-refractivity contribution in [3.05, 3.63) is 68.7 Å². The lowest BCUT2D eigenvalue weighted by molar-refractivity contribution is 0.0264. The van der Waals surface area contributed by atoms with Crippen molar-refractivity contribution in [2.75, 3.05) is 0 Å². The van der Waals surface area contributed by atoms with E-state index in [0.29, 0.717) is 0 Å². The number of benzene rings is 2. The summed E-state index contributed by atoms with van der Waals surface area (Å²) in [6.45, 7) is 4.28. The van der Waals surface area contributed by atoms with Crippen molar-refractivity contribution in [3.63, 3.8) is 0 Å². The molecule has 1 nitrogen and oxygen atoms in total. The summed E-state index contributed by atoms with van der Waals surface area (Å²) in [5, 5.41) is 11.1. The molecule has 0 aliphatic heterocycles. The molecule has 0 bridgehead atoms. The molecule has 0 radical (unpaired) electrons. The molecule has 1 atom stereocenters. The second-order valence-electron chi connectivity index (χ2n) is 6.36. The van der Waals surface area contributed by atoms with Gasteiger partial charge in [0.05, 0.1) is 5.60 Å². The fourth-order valence-corrected chi connectivity index (χ4v) is 3.83. The van der Waals surface area contributed by atoms with Gasteiger partial charge in [0.2, 0.25) is 0 Å². The Bertz CT molecular complexity index is 657. The Morgan fingerprint density at radius 3 is 2.52 bits per heavy atom. The molecule has 1 N–H and O–H groups in total. The van der Waals surface area contributed by atoms with E-state index >= 15 is 0 Å². The van der Waals surface area contributed by atoms with Gasteiger partial charge >= 0.3 is 0 Å². The lowest BCUT2D eigenvalue weighted by atomic mass is 9.76. The van der Waals surface area contributed by atoms with Crippen molar-refractivity contribution in [2.24, 2.45) is 0 Å². The van der Waals surface area contributed by atoms with Crippen LogP contribution in [0.5, 0.6) is 0 Å². The monoisotopic (exact) mass is 344 g/mol. The number of aliphatic hydroxyl groups is 1. The maximum absolute atomic E-state index is 11.1. The van der Waals surface area contributed by atoms with Crippen molar-refractivity contribution in [1.29, 1.82) is 0 Å². The Kier molecular flexibility index (Phi) is 3.94. The van der Waals surface area contributed by atoms with Crippen LogP contribution >= 0.6 is 15.9 Å².